The maximum Gasteiger partial charge on any atom is 0.339 e. The third-order valence-corrected chi connectivity index (χ3v) is 5.26. The molecule has 0 spiro atoms. The fourth-order valence-electron chi connectivity index (χ4n) is 2.54. The molecule has 2 N–H and O–H groups in total. The number of benzene rings is 1. The Morgan fingerprint density at radius 1 is 1.19 bits per heavy atom. The van der Waals surface area contributed by atoms with E-state index in [9.17, 15) is 14.4 Å². The van der Waals surface area contributed by atoms with Crippen LogP contribution in [-0.4, -0.2) is 49.0 Å². The van der Waals surface area contributed by atoms with Gasteiger partial charge in [0.05, 0.1) is 11.7 Å². The molecule has 1 aliphatic heterocycles. The predicted octanol–water partition coefficient (Wildman–Crippen LogP) is 2.10. The van der Waals surface area contributed by atoms with Crippen LogP contribution in [0.4, 0.5) is 4.79 Å². The SMILES string of the molecule is O=C(COC(=O)c1ccccc1SC[C@H]1CCCO1)NC(=O)NC1CC1. The highest BCUT2D eigenvalue weighted by Crippen LogP contribution is 2.27. The molecule has 1 heterocycles. The summed E-state index contributed by atoms with van der Waals surface area (Å²) in [6.45, 7) is 0.292. The van der Waals surface area contributed by atoms with Crippen LogP contribution in [0.2, 0.25) is 0 Å². The lowest BCUT2D eigenvalue weighted by Crippen LogP contribution is -2.42. The summed E-state index contributed by atoms with van der Waals surface area (Å²) in [4.78, 5) is 36.3. The first-order valence-electron chi connectivity index (χ1n) is 8.72. The van der Waals surface area contributed by atoms with Crippen molar-refractivity contribution in [3.63, 3.8) is 0 Å². The van der Waals surface area contributed by atoms with Gasteiger partial charge < -0.3 is 14.8 Å². The summed E-state index contributed by atoms with van der Waals surface area (Å²) in [5, 5.41) is 4.78. The largest absolute Gasteiger partial charge is 0.452 e. The molecule has 1 aromatic rings. The Balaban J connectivity index is 1.47. The van der Waals surface area contributed by atoms with Gasteiger partial charge in [0.15, 0.2) is 6.61 Å². The summed E-state index contributed by atoms with van der Waals surface area (Å²) >= 11 is 1.54. The van der Waals surface area contributed by atoms with Crippen molar-refractivity contribution in [2.75, 3.05) is 19.0 Å². The minimum Gasteiger partial charge on any atom is -0.452 e. The van der Waals surface area contributed by atoms with Gasteiger partial charge in [-0.15, -0.1) is 11.8 Å². The van der Waals surface area contributed by atoms with Crippen LogP contribution in [0.3, 0.4) is 0 Å². The molecule has 0 aromatic heterocycles. The van der Waals surface area contributed by atoms with E-state index in [1.807, 2.05) is 12.1 Å². The van der Waals surface area contributed by atoms with Crippen molar-refractivity contribution in [1.29, 1.82) is 0 Å². The number of thioether (sulfide) groups is 1. The topological polar surface area (TPSA) is 93.7 Å². The van der Waals surface area contributed by atoms with Crippen molar-refractivity contribution >= 4 is 29.7 Å². The molecule has 1 atom stereocenters. The van der Waals surface area contributed by atoms with E-state index in [2.05, 4.69) is 10.6 Å². The van der Waals surface area contributed by atoms with Crippen LogP contribution in [0.1, 0.15) is 36.0 Å². The second-order valence-corrected chi connectivity index (χ2v) is 7.38. The average molecular weight is 378 g/mol. The monoisotopic (exact) mass is 378 g/mol. The Hall–Kier alpha value is -2.06. The van der Waals surface area contributed by atoms with Crippen LogP contribution in [0.15, 0.2) is 29.2 Å². The van der Waals surface area contributed by atoms with Crippen LogP contribution in [0.5, 0.6) is 0 Å². The molecule has 1 saturated heterocycles. The maximum atomic E-state index is 12.3. The molecular formula is C18H22N2O5S. The van der Waals surface area contributed by atoms with Gasteiger partial charge in [0.2, 0.25) is 0 Å². The molecule has 2 fully saturated rings. The van der Waals surface area contributed by atoms with E-state index in [1.54, 1.807) is 23.9 Å². The number of esters is 1. The van der Waals surface area contributed by atoms with Crippen molar-refractivity contribution < 1.29 is 23.9 Å². The van der Waals surface area contributed by atoms with Crippen LogP contribution < -0.4 is 10.6 Å². The third kappa shape index (κ3) is 5.74. The normalized spacial score (nSPS) is 19.0. The van der Waals surface area contributed by atoms with Gasteiger partial charge in [0, 0.05) is 23.3 Å². The highest BCUT2D eigenvalue weighted by molar-refractivity contribution is 7.99. The van der Waals surface area contributed by atoms with Crippen molar-refractivity contribution in [2.45, 2.75) is 42.7 Å². The van der Waals surface area contributed by atoms with Crippen molar-refractivity contribution in [2.24, 2.45) is 0 Å². The number of hydrogen-bond donors (Lipinski definition) is 2. The summed E-state index contributed by atoms with van der Waals surface area (Å²) in [6.07, 6.45) is 4.16. The molecule has 0 unspecified atom stereocenters. The number of carbonyl (C=O) groups is 3. The zero-order chi connectivity index (χ0) is 18.4. The molecule has 7 nitrogen and oxygen atoms in total. The first kappa shape index (κ1) is 18.7. The first-order chi connectivity index (χ1) is 12.6. The van der Waals surface area contributed by atoms with Crippen LogP contribution >= 0.6 is 11.8 Å². The number of carbonyl (C=O) groups excluding carboxylic acids is 3. The number of ether oxygens (including phenoxy) is 2. The van der Waals surface area contributed by atoms with Crippen molar-refractivity contribution in [3.8, 4) is 0 Å². The zero-order valence-electron chi connectivity index (χ0n) is 14.4. The summed E-state index contributed by atoms with van der Waals surface area (Å²) in [5.74, 6) is -0.467. The number of imide groups is 1. The fraction of sp³-hybridized carbons (Fsp3) is 0.500. The standard InChI is InChI=1S/C18H22N2O5S/c21-16(20-18(23)19-12-7-8-12)10-25-17(22)14-5-1-2-6-15(14)26-11-13-4-3-9-24-13/h1-2,5-6,12-13H,3-4,7-11H2,(H2,19,20,21,23)/t13-/m1/s1. The van der Waals surface area contributed by atoms with Gasteiger partial charge in [-0.1, -0.05) is 12.1 Å². The van der Waals surface area contributed by atoms with Gasteiger partial charge in [-0.2, -0.15) is 0 Å². The third-order valence-electron chi connectivity index (χ3n) is 4.06. The van der Waals surface area contributed by atoms with E-state index in [0.29, 0.717) is 5.56 Å². The lowest BCUT2D eigenvalue weighted by molar-refractivity contribution is -0.123. The second-order valence-electron chi connectivity index (χ2n) is 6.31. The smallest absolute Gasteiger partial charge is 0.339 e. The highest BCUT2D eigenvalue weighted by atomic mass is 32.2. The van der Waals surface area contributed by atoms with E-state index >= 15 is 0 Å². The summed E-state index contributed by atoms with van der Waals surface area (Å²) < 4.78 is 10.6. The van der Waals surface area contributed by atoms with Crippen LogP contribution in [0.25, 0.3) is 0 Å². The quantitative estimate of drug-likeness (QED) is 0.557. The van der Waals surface area contributed by atoms with Gasteiger partial charge in [-0.3, -0.25) is 10.1 Å². The first-order valence-corrected chi connectivity index (χ1v) is 9.71. The van der Waals surface area contributed by atoms with Gasteiger partial charge in [-0.05, 0) is 37.8 Å². The molecule has 0 bridgehead atoms. The molecule has 0 radical (unpaired) electrons. The Kier molecular flexibility index (Phi) is 6.51. The summed E-state index contributed by atoms with van der Waals surface area (Å²) in [5.41, 5.74) is 0.408. The number of nitrogens with one attached hydrogen (secondary N) is 2. The Morgan fingerprint density at radius 3 is 2.73 bits per heavy atom. The van der Waals surface area contributed by atoms with E-state index in [1.165, 1.54) is 0 Å². The second kappa shape index (κ2) is 9.05. The number of hydrogen-bond acceptors (Lipinski definition) is 6. The lowest BCUT2D eigenvalue weighted by atomic mass is 10.2. The van der Waals surface area contributed by atoms with E-state index < -0.39 is 24.5 Å². The molecule has 3 amide bonds. The number of amides is 3. The maximum absolute atomic E-state index is 12.3. The van der Waals surface area contributed by atoms with Crippen molar-refractivity contribution in [1.82, 2.24) is 10.6 Å². The van der Waals surface area contributed by atoms with E-state index in [4.69, 9.17) is 9.47 Å². The molecule has 1 saturated carbocycles. The summed E-state index contributed by atoms with van der Waals surface area (Å²) in [6, 6.07) is 6.70. The molecule has 8 heteroatoms. The fourth-order valence-corrected chi connectivity index (χ4v) is 3.65. The zero-order valence-corrected chi connectivity index (χ0v) is 15.2. The van der Waals surface area contributed by atoms with Crippen LogP contribution in [0, 0.1) is 0 Å². The summed E-state index contributed by atoms with van der Waals surface area (Å²) in [7, 11) is 0. The molecule has 3 rings (SSSR count). The van der Waals surface area contributed by atoms with E-state index in [-0.39, 0.29) is 12.1 Å². The molecule has 1 aromatic carbocycles. The van der Waals surface area contributed by atoms with Gasteiger partial charge in [0.1, 0.15) is 0 Å². The highest BCUT2D eigenvalue weighted by Gasteiger charge is 2.24. The molecule has 2 aliphatic rings. The van der Waals surface area contributed by atoms with Gasteiger partial charge >= 0.3 is 12.0 Å². The minimum absolute atomic E-state index is 0.151. The number of rotatable bonds is 7. The minimum atomic E-state index is -0.652. The predicted molar refractivity (Wildman–Crippen MR) is 96.1 cm³/mol. The molecule has 140 valence electrons. The molecular weight excluding hydrogens is 356 g/mol. The Bertz CT molecular complexity index is 671. The van der Waals surface area contributed by atoms with E-state index in [0.717, 1.165) is 42.9 Å². The molecule has 1 aliphatic carbocycles. The number of urea groups is 1. The van der Waals surface area contributed by atoms with Gasteiger partial charge in [-0.25, -0.2) is 9.59 Å². The molecule has 26 heavy (non-hydrogen) atoms. The lowest BCUT2D eigenvalue weighted by Gasteiger charge is -2.12. The Morgan fingerprint density at radius 2 is 2.00 bits per heavy atom. The van der Waals surface area contributed by atoms with Gasteiger partial charge in [0.25, 0.3) is 5.91 Å². The van der Waals surface area contributed by atoms with Crippen LogP contribution in [-0.2, 0) is 14.3 Å². The Labute approximate surface area is 156 Å². The van der Waals surface area contributed by atoms with Crippen molar-refractivity contribution in [3.05, 3.63) is 29.8 Å². The average Bonchev–Trinajstić information content (AvgIpc) is 3.28.